The van der Waals surface area contributed by atoms with Crippen molar-refractivity contribution in [3.63, 3.8) is 0 Å². The highest BCUT2D eigenvalue weighted by Gasteiger charge is 2.53. The Morgan fingerprint density at radius 1 is 1.24 bits per heavy atom. The largest absolute Gasteiger partial charge is 0.468 e. The molecule has 1 aliphatic rings. The number of esters is 1. The summed E-state index contributed by atoms with van der Waals surface area (Å²) in [6, 6.07) is 7.14. The second-order valence-electron chi connectivity index (χ2n) is 4.26. The van der Waals surface area contributed by atoms with Gasteiger partial charge in [0, 0.05) is 5.56 Å². The van der Waals surface area contributed by atoms with Crippen molar-refractivity contribution in [3.05, 3.63) is 35.4 Å². The molecule has 0 unspecified atom stereocenters. The highest BCUT2D eigenvalue weighted by Crippen LogP contribution is 2.33. The number of ether oxygens (including phenoxy) is 2. The van der Waals surface area contributed by atoms with Gasteiger partial charge in [-0.05, 0) is 6.92 Å². The molecule has 0 aliphatic carbocycles. The van der Waals surface area contributed by atoms with Crippen LogP contribution in [0.25, 0.3) is 0 Å². The molecule has 0 bridgehead atoms. The second-order valence-corrected chi connectivity index (χ2v) is 4.26. The molecule has 4 nitrogen and oxygen atoms in total. The van der Waals surface area contributed by atoms with Gasteiger partial charge in [0.05, 0.1) is 20.3 Å². The molecule has 0 N–H and O–H groups in total. The topological polar surface area (TPSA) is 52.6 Å². The number of Topliss-reactive ketones (excluding diaryl/α,β-unsaturated/α-hetero) is 1. The fourth-order valence-corrected chi connectivity index (χ4v) is 1.82. The summed E-state index contributed by atoms with van der Waals surface area (Å²) in [4.78, 5) is 24.0. The van der Waals surface area contributed by atoms with Crippen molar-refractivity contribution in [2.45, 2.75) is 6.92 Å². The van der Waals surface area contributed by atoms with E-state index in [2.05, 4.69) is 4.74 Å². The van der Waals surface area contributed by atoms with Crippen LogP contribution in [0.4, 0.5) is 0 Å². The van der Waals surface area contributed by atoms with E-state index in [1.165, 1.54) is 7.11 Å². The van der Waals surface area contributed by atoms with Crippen LogP contribution < -0.4 is 0 Å². The Bertz CT molecular complexity index is 443. The van der Waals surface area contributed by atoms with E-state index >= 15 is 0 Å². The number of hydrogen-bond donors (Lipinski definition) is 0. The second kappa shape index (κ2) is 4.30. The third-order valence-electron chi connectivity index (χ3n) is 3.02. The zero-order valence-corrected chi connectivity index (χ0v) is 9.86. The molecule has 1 aromatic rings. The number of methoxy groups -OCH3 is 1. The zero-order chi connectivity index (χ0) is 12.5. The zero-order valence-electron chi connectivity index (χ0n) is 9.86. The molecule has 1 heterocycles. The number of hydrogen-bond acceptors (Lipinski definition) is 4. The summed E-state index contributed by atoms with van der Waals surface area (Å²) in [6.07, 6.45) is 0. The highest BCUT2D eigenvalue weighted by atomic mass is 16.5. The molecule has 4 heteroatoms. The first-order valence-corrected chi connectivity index (χ1v) is 5.38. The van der Waals surface area contributed by atoms with E-state index in [4.69, 9.17) is 4.74 Å². The number of aryl methyl sites for hydroxylation is 1. The third kappa shape index (κ3) is 1.85. The molecule has 0 amide bonds. The molecule has 0 radical (unpaired) electrons. The predicted octanol–water partition coefficient (Wildman–Crippen LogP) is 1.37. The van der Waals surface area contributed by atoms with Crippen molar-refractivity contribution in [2.24, 2.45) is 5.41 Å². The standard InChI is InChI=1S/C13H14O4/c1-9-3-5-10(6-4-9)11(14)13(7-17-8-13)12(15)16-2/h3-6H,7-8H2,1-2H3. The van der Waals surface area contributed by atoms with E-state index in [1.807, 2.05) is 19.1 Å². The molecule has 0 atom stereocenters. The number of benzene rings is 1. The van der Waals surface area contributed by atoms with E-state index in [-0.39, 0.29) is 19.0 Å². The lowest BCUT2D eigenvalue weighted by atomic mass is 9.78. The molecule has 1 aromatic carbocycles. The van der Waals surface area contributed by atoms with Crippen LogP contribution in [0.3, 0.4) is 0 Å². The summed E-state index contributed by atoms with van der Waals surface area (Å²) in [5, 5.41) is 0. The van der Waals surface area contributed by atoms with Gasteiger partial charge in [0.15, 0.2) is 11.2 Å². The predicted molar refractivity (Wildman–Crippen MR) is 60.8 cm³/mol. The van der Waals surface area contributed by atoms with Gasteiger partial charge in [-0.25, -0.2) is 0 Å². The monoisotopic (exact) mass is 234 g/mol. The number of carbonyl (C=O) groups excluding carboxylic acids is 2. The van der Waals surface area contributed by atoms with E-state index in [1.54, 1.807) is 12.1 Å². The van der Waals surface area contributed by atoms with Crippen LogP contribution in [0, 0.1) is 12.3 Å². The van der Waals surface area contributed by atoms with Gasteiger partial charge in [0.2, 0.25) is 0 Å². The molecular weight excluding hydrogens is 220 g/mol. The van der Waals surface area contributed by atoms with Gasteiger partial charge in [0.25, 0.3) is 0 Å². The van der Waals surface area contributed by atoms with Gasteiger partial charge in [0.1, 0.15) is 0 Å². The van der Waals surface area contributed by atoms with Crippen LogP contribution in [0.1, 0.15) is 15.9 Å². The Morgan fingerprint density at radius 3 is 2.24 bits per heavy atom. The van der Waals surface area contributed by atoms with Crippen molar-refractivity contribution in [2.75, 3.05) is 20.3 Å². The quantitative estimate of drug-likeness (QED) is 0.450. The summed E-state index contributed by atoms with van der Waals surface area (Å²) in [7, 11) is 1.28. The molecule has 17 heavy (non-hydrogen) atoms. The lowest BCUT2D eigenvalue weighted by Crippen LogP contribution is -2.55. The van der Waals surface area contributed by atoms with Gasteiger partial charge < -0.3 is 9.47 Å². The lowest BCUT2D eigenvalue weighted by Gasteiger charge is -2.36. The van der Waals surface area contributed by atoms with Crippen molar-refractivity contribution in [1.29, 1.82) is 0 Å². The molecule has 1 saturated heterocycles. The van der Waals surface area contributed by atoms with Crippen LogP contribution in [-0.4, -0.2) is 32.1 Å². The average molecular weight is 234 g/mol. The fraction of sp³-hybridized carbons (Fsp3) is 0.385. The number of ketones is 1. The summed E-state index contributed by atoms with van der Waals surface area (Å²) >= 11 is 0. The van der Waals surface area contributed by atoms with Gasteiger partial charge in [-0.1, -0.05) is 29.8 Å². The third-order valence-corrected chi connectivity index (χ3v) is 3.02. The molecule has 0 aromatic heterocycles. The van der Waals surface area contributed by atoms with Crippen LogP contribution in [0.2, 0.25) is 0 Å². The van der Waals surface area contributed by atoms with Crippen LogP contribution in [0.5, 0.6) is 0 Å². The van der Waals surface area contributed by atoms with E-state index in [0.717, 1.165) is 5.56 Å². The molecule has 1 fully saturated rings. The van der Waals surface area contributed by atoms with Crippen molar-refractivity contribution in [1.82, 2.24) is 0 Å². The van der Waals surface area contributed by atoms with Crippen molar-refractivity contribution < 1.29 is 19.1 Å². The summed E-state index contributed by atoms with van der Waals surface area (Å²) in [5.74, 6) is -0.745. The summed E-state index contributed by atoms with van der Waals surface area (Å²) in [5.41, 5.74) is 0.451. The Balaban J connectivity index is 2.29. The molecule has 0 saturated carbocycles. The van der Waals surface area contributed by atoms with Crippen LogP contribution in [0.15, 0.2) is 24.3 Å². The summed E-state index contributed by atoms with van der Waals surface area (Å²) < 4.78 is 9.69. The van der Waals surface area contributed by atoms with Gasteiger partial charge in [-0.2, -0.15) is 0 Å². The van der Waals surface area contributed by atoms with E-state index < -0.39 is 11.4 Å². The smallest absolute Gasteiger partial charge is 0.324 e. The van der Waals surface area contributed by atoms with Crippen LogP contribution >= 0.6 is 0 Å². The van der Waals surface area contributed by atoms with E-state index in [0.29, 0.717) is 5.56 Å². The van der Waals surface area contributed by atoms with Gasteiger partial charge >= 0.3 is 5.97 Å². The fourth-order valence-electron chi connectivity index (χ4n) is 1.82. The maximum absolute atomic E-state index is 12.3. The first-order chi connectivity index (χ1) is 8.10. The number of carbonyl (C=O) groups is 2. The molecule has 0 spiro atoms. The number of rotatable bonds is 3. The normalized spacial score (nSPS) is 17.1. The Hall–Kier alpha value is -1.68. The maximum Gasteiger partial charge on any atom is 0.324 e. The maximum atomic E-state index is 12.3. The molecule has 1 aliphatic heterocycles. The van der Waals surface area contributed by atoms with Gasteiger partial charge in [-0.3, -0.25) is 9.59 Å². The summed E-state index contributed by atoms with van der Waals surface area (Å²) in [6.45, 7) is 2.15. The van der Waals surface area contributed by atoms with Crippen molar-refractivity contribution in [3.8, 4) is 0 Å². The van der Waals surface area contributed by atoms with Crippen molar-refractivity contribution >= 4 is 11.8 Å². The first-order valence-electron chi connectivity index (χ1n) is 5.38. The van der Waals surface area contributed by atoms with E-state index in [9.17, 15) is 9.59 Å². The van der Waals surface area contributed by atoms with Gasteiger partial charge in [-0.15, -0.1) is 0 Å². The Morgan fingerprint density at radius 2 is 1.82 bits per heavy atom. The Labute approximate surface area is 99.5 Å². The minimum atomic E-state index is -1.13. The average Bonchev–Trinajstić information content (AvgIpc) is 2.28. The molecular formula is C13H14O4. The minimum absolute atomic E-state index is 0.104. The SMILES string of the molecule is COC(=O)C1(C(=O)c2ccc(C)cc2)COC1. The van der Waals surface area contributed by atoms with Crippen LogP contribution in [-0.2, 0) is 14.3 Å². The lowest BCUT2D eigenvalue weighted by molar-refractivity contribution is -0.172. The highest BCUT2D eigenvalue weighted by molar-refractivity contribution is 6.13. The molecule has 90 valence electrons. The first kappa shape index (κ1) is 11.8. The Kier molecular flexibility index (Phi) is 2.98. The minimum Gasteiger partial charge on any atom is -0.468 e. The molecule has 2 rings (SSSR count).